The number of methoxy groups -OCH3 is 1. The Labute approximate surface area is 137 Å². The van der Waals surface area contributed by atoms with Crippen LogP contribution in [0.1, 0.15) is 19.8 Å². The molecule has 3 fully saturated rings. The van der Waals surface area contributed by atoms with Gasteiger partial charge in [0.05, 0.1) is 24.7 Å². The normalized spacial score (nSPS) is 47.9. The third-order valence-corrected chi connectivity index (χ3v) is 5.32. The smallest absolute Gasteiger partial charge is 0.387 e. The first-order valence-electron chi connectivity index (χ1n) is 7.94. The van der Waals surface area contributed by atoms with E-state index in [1.807, 2.05) is 0 Å². The second kappa shape index (κ2) is 6.05. The molecule has 3 aliphatic rings. The number of halogens is 4. The van der Waals surface area contributed by atoms with E-state index in [9.17, 15) is 22.7 Å². The summed E-state index contributed by atoms with van der Waals surface area (Å²) in [6.07, 6.45) is -7.85. The van der Waals surface area contributed by atoms with Crippen LogP contribution in [0.15, 0.2) is 0 Å². The molecule has 3 rings (SSSR count). The van der Waals surface area contributed by atoms with Gasteiger partial charge in [-0.3, -0.25) is 0 Å². The number of aliphatic hydroxyl groups excluding tert-OH is 1. The molecule has 9 heteroatoms. The third kappa shape index (κ3) is 3.29. The highest BCUT2D eigenvalue weighted by atomic mass is 19.4. The van der Waals surface area contributed by atoms with Gasteiger partial charge in [-0.05, 0) is 13.3 Å². The van der Waals surface area contributed by atoms with Gasteiger partial charge in [-0.15, -0.1) is 0 Å². The molecular formula is C15H22F4O5. The molecule has 1 spiro atoms. The molecule has 1 saturated carbocycles. The molecule has 0 amide bonds. The lowest BCUT2D eigenvalue weighted by molar-refractivity contribution is -0.174. The molecule has 0 radical (unpaired) electrons. The van der Waals surface area contributed by atoms with Gasteiger partial charge in [0, 0.05) is 20.1 Å². The van der Waals surface area contributed by atoms with Crippen LogP contribution in [0.4, 0.5) is 17.6 Å². The molecule has 0 bridgehead atoms. The van der Waals surface area contributed by atoms with E-state index in [-0.39, 0.29) is 31.5 Å². The SMILES string of the molecule is CO[C@@H]1[C@H](O)[C@@H](F)C[C@]2(CO2)[C@H]1C1(C)O[C@@H]1CCOCC(F)(F)F. The van der Waals surface area contributed by atoms with E-state index in [4.69, 9.17) is 14.2 Å². The maximum absolute atomic E-state index is 14.0. The topological polar surface area (TPSA) is 63.8 Å². The zero-order valence-corrected chi connectivity index (χ0v) is 13.5. The highest BCUT2D eigenvalue weighted by molar-refractivity contribution is 5.20. The first-order chi connectivity index (χ1) is 11.1. The lowest BCUT2D eigenvalue weighted by Gasteiger charge is -2.42. The van der Waals surface area contributed by atoms with Gasteiger partial charge in [0.15, 0.2) is 0 Å². The van der Waals surface area contributed by atoms with Crippen molar-refractivity contribution in [1.82, 2.24) is 0 Å². The minimum atomic E-state index is -4.36. The first-order valence-corrected chi connectivity index (χ1v) is 7.94. The van der Waals surface area contributed by atoms with Gasteiger partial charge in [-0.1, -0.05) is 0 Å². The number of ether oxygens (including phenoxy) is 4. The molecule has 5 nitrogen and oxygen atoms in total. The van der Waals surface area contributed by atoms with Crippen LogP contribution >= 0.6 is 0 Å². The summed E-state index contributed by atoms with van der Waals surface area (Å²) in [5.41, 5.74) is -1.46. The summed E-state index contributed by atoms with van der Waals surface area (Å²) in [5, 5.41) is 10.1. The van der Waals surface area contributed by atoms with Crippen LogP contribution in [0, 0.1) is 5.92 Å². The number of hydrogen-bond donors (Lipinski definition) is 1. The third-order valence-electron chi connectivity index (χ3n) is 5.32. The quantitative estimate of drug-likeness (QED) is 0.444. The lowest BCUT2D eigenvalue weighted by Crippen LogP contribution is -2.58. The summed E-state index contributed by atoms with van der Waals surface area (Å²) in [6, 6.07) is 0. The Morgan fingerprint density at radius 1 is 1.33 bits per heavy atom. The largest absolute Gasteiger partial charge is 0.411 e. The van der Waals surface area contributed by atoms with E-state index in [1.54, 1.807) is 6.92 Å². The Balaban J connectivity index is 1.61. The minimum absolute atomic E-state index is 0.0644. The number of alkyl halides is 4. The number of hydrogen-bond acceptors (Lipinski definition) is 5. The van der Waals surface area contributed by atoms with Crippen LogP contribution in [0.3, 0.4) is 0 Å². The zero-order valence-electron chi connectivity index (χ0n) is 13.5. The van der Waals surface area contributed by atoms with Gasteiger partial charge in [0.2, 0.25) is 0 Å². The Hall–Kier alpha value is -0.480. The fourth-order valence-corrected chi connectivity index (χ4v) is 4.06. The fraction of sp³-hybridized carbons (Fsp3) is 1.00. The highest BCUT2D eigenvalue weighted by Gasteiger charge is 2.73. The second-order valence-corrected chi connectivity index (χ2v) is 6.99. The van der Waals surface area contributed by atoms with Gasteiger partial charge in [-0.25, -0.2) is 4.39 Å². The van der Waals surface area contributed by atoms with E-state index in [1.165, 1.54) is 7.11 Å². The summed E-state index contributed by atoms with van der Waals surface area (Å²) in [4.78, 5) is 0. The van der Waals surface area contributed by atoms with Crippen molar-refractivity contribution in [2.24, 2.45) is 5.92 Å². The van der Waals surface area contributed by atoms with Crippen molar-refractivity contribution in [3.8, 4) is 0 Å². The summed E-state index contributed by atoms with van der Waals surface area (Å²) < 4.78 is 71.4. The van der Waals surface area contributed by atoms with E-state index < -0.39 is 42.4 Å². The molecule has 0 aromatic rings. The predicted molar refractivity (Wildman–Crippen MR) is 73.3 cm³/mol. The van der Waals surface area contributed by atoms with Crippen molar-refractivity contribution in [3.63, 3.8) is 0 Å². The molecule has 1 unspecified atom stereocenters. The van der Waals surface area contributed by atoms with E-state index in [0.29, 0.717) is 6.61 Å². The Morgan fingerprint density at radius 2 is 2.00 bits per heavy atom. The average molecular weight is 358 g/mol. The molecule has 0 aromatic carbocycles. The van der Waals surface area contributed by atoms with Gasteiger partial charge >= 0.3 is 6.18 Å². The monoisotopic (exact) mass is 358 g/mol. The molecule has 1 N–H and O–H groups in total. The van der Waals surface area contributed by atoms with Crippen molar-refractivity contribution in [2.75, 3.05) is 26.9 Å². The zero-order chi connectivity index (χ0) is 17.8. The molecule has 7 atom stereocenters. The molecule has 0 aromatic heterocycles. The summed E-state index contributed by atoms with van der Waals surface area (Å²) in [5.74, 6) is -0.385. The first kappa shape index (κ1) is 18.3. The lowest BCUT2D eigenvalue weighted by atomic mass is 9.67. The second-order valence-electron chi connectivity index (χ2n) is 6.99. The summed E-state index contributed by atoms with van der Waals surface area (Å²) in [7, 11) is 1.39. The van der Waals surface area contributed by atoms with Crippen LogP contribution in [-0.4, -0.2) is 73.9 Å². The van der Waals surface area contributed by atoms with Gasteiger partial charge in [0.25, 0.3) is 0 Å². The standard InChI is InChI=1S/C15H22F4O5/c1-13(9(24-13)3-4-22-7-15(17,18)19)12-11(21-2)10(20)8(16)5-14(12)6-23-14/h8-12,20H,3-7H2,1-2H3/t8-,9+,10+,11+,12+,13?,14-/m0/s1. The van der Waals surface area contributed by atoms with E-state index >= 15 is 0 Å². The van der Waals surface area contributed by atoms with Crippen molar-refractivity contribution in [1.29, 1.82) is 0 Å². The van der Waals surface area contributed by atoms with Crippen molar-refractivity contribution < 1.29 is 41.6 Å². The molecule has 2 heterocycles. The summed E-state index contributed by atoms with van der Waals surface area (Å²) in [6.45, 7) is 0.774. The number of epoxide rings is 2. The van der Waals surface area contributed by atoms with Gasteiger partial charge < -0.3 is 24.1 Å². The highest BCUT2D eigenvalue weighted by Crippen LogP contribution is 2.59. The van der Waals surface area contributed by atoms with Crippen LogP contribution < -0.4 is 0 Å². The Morgan fingerprint density at radius 3 is 2.54 bits per heavy atom. The van der Waals surface area contributed by atoms with Crippen LogP contribution in [-0.2, 0) is 18.9 Å². The van der Waals surface area contributed by atoms with E-state index in [2.05, 4.69) is 4.74 Å². The Kier molecular flexibility index (Phi) is 4.62. The Bertz CT molecular complexity index is 469. The molecule has 24 heavy (non-hydrogen) atoms. The summed E-state index contributed by atoms with van der Waals surface area (Å²) >= 11 is 0. The van der Waals surface area contributed by atoms with Crippen molar-refractivity contribution >= 4 is 0 Å². The molecule has 1 aliphatic carbocycles. The maximum Gasteiger partial charge on any atom is 0.411 e. The minimum Gasteiger partial charge on any atom is -0.387 e. The van der Waals surface area contributed by atoms with Crippen LogP contribution in [0.5, 0.6) is 0 Å². The van der Waals surface area contributed by atoms with Crippen LogP contribution in [0.2, 0.25) is 0 Å². The fourth-order valence-electron chi connectivity index (χ4n) is 4.06. The molecule has 140 valence electrons. The maximum atomic E-state index is 14.0. The predicted octanol–water partition coefficient (Wildman–Crippen LogP) is 1.62. The van der Waals surface area contributed by atoms with Gasteiger partial charge in [0.1, 0.15) is 30.1 Å². The molecule has 2 aliphatic heterocycles. The van der Waals surface area contributed by atoms with Crippen LogP contribution in [0.25, 0.3) is 0 Å². The van der Waals surface area contributed by atoms with Crippen molar-refractivity contribution in [3.05, 3.63) is 0 Å². The number of rotatable bonds is 6. The molecule has 2 saturated heterocycles. The molecular weight excluding hydrogens is 336 g/mol. The average Bonchev–Trinajstić information content (AvgIpc) is 3.37. The number of aliphatic hydroxyl groups is 1. The van der Waals surface area contributed by atoms with Gasteiger partial charge in [-0.2, -0.15) is 13.2 Å². The van der Waals surface area contributed by atoms with E-state index in [0.717, 1.165) is 0 Å². The van der Waals surface area contributed by atoms with Crippen molar-refractivity contribution in [2.45, 2.75) is 61.6 Å².